The summed E-state index contributed by atoms with van der Waals surface area (Å²) >= 11 is 0. The summed E-state index contributed by atoms with van der Waals surface area (Å²) in [7, 11) is 1.45. The van der Waals surface area contributed by atoms with E-state index in [2.05, 4.69) is 15.6 Å². The van der Waals surface area contributed by atoms with E-state index in [1.807, 2.05) is 6.92 Å². The van der Waals surface area contributed by atoms with Gasteiger partial charge in [-0.3, -0.25) is 20.2 Å². The lowest BCUT2D eigenvalue weighted by Crippen LogP contribution is -2.66. The number of aliphatic imine (C=N–C) groups is 1. The number of guanidine groups is 1. The summed E-state index contributed by atoms with van der Waals surface area (Å²) in [5.41, 5.74) is 15.2. The molecule has 0 saturated carbocycles. The van der Waals surface area contributed by atoms with Gasteiger partial charge in [0.25, 0.3) is 11.8 Å². The van der Waals surface area contributed by atoms with Gasteiger partial charge in [-0.05, 0) is 12.8 Å². The molecule has 1 aliphatic heterocycles. The first kappa shape index (κ1) is 25.6. The van der Waals surface area contributed by atoms with Gasteiger partial charge in [0.15, 0.2) is 0 Å². The number of likely N-dealkylation sites (N-methyl/N-ethyl adjacent to an activating group) is 1. The van der Waals surface area contributed by atoms with Crippen molar-refractivity contribution < 1.29 is 14.4 Å². The second-order valence-corrected chi connectivity index (χ2v) is 5.60. The van der Waals surface area contributed by atoms with E-state index in [0.717, 1.165) is 19.3 Å². The third-order valence-corrected chi connectivity index (χ3v) is 3.59. The van der Waals surface area contributed by atoms with Crippen LogP contribution in [0.3, 0.4) is 0 Å². The van der Waals surface area contributed by atoms with E-state index in [0.29, 0.717) is 6.42 Å². The van der Waals surface area contributed by atoms with Crippen molar-refractivity contribution in [3.63, 3.8) is 0 Å². The Bertz CT molecular complexity index is 514. The van der Waals surface area contributed by atoms with Gasteiger partial charge in [0.2, 0.25) is 5.96 Å². The zero-order chi connectivity index (χ0) is 17.6. The predicted octanol–water partition coefficient (Wildman–Crippen LogP) is -0.995. The summed E-state index contributed by atoms with van der Waals surface area (Å²) in [5.74, 6) is -1.08. The molecular weight excluding hydrogens is 373 g/mol. The van der Waals surface area contributed by atoms with Gasteiger partial charge < -0.3 is 22.1 Å². The van der Waals surface area contributed by atoms with E-state index >= 15 is 0 Å². The van der Waals surface area contributed by atoms with E-state index < -0.39 is 29.6 Å². The molecule has 0 aliphatic carbocycles. The van der Waals surface area contributed by atoms with Gasteiger partial charge in [-0.15, -0.1) is 24.8 Å². The largest absolute Gasteiger partial charge is 0.351 e. The number of halogens is 2. The van der Waals surface area contributed by atoms with Gasteiger partial charge in [0, 0.05) is 7.05 Å². The topological polar surface area (TPSA) is 169 Å². The van der Waals surface area contributed by atoms with Crippen molar-refractivity contribution in [3.8, 4) is 0 Å². The number of carbonyl (C=O) groups excluding carboxylic acids is 3. The Morgan fingerprint density at radius 3 is 2.44 bits per heavy atom. The average Bonchev–Trinajstić information content (AvgIpc) is 2.45. The van der Waals surface area contributed by atoms with Crippen LogP contribution in [0.15, 0.2) is 4.99 Å². The summed E-state index contributed by atoms with van der Waals surface area (Å²) in [5, 5.41) is 4.53. The number of carbonyl (C=O) groups is 3. The number of nitrogens with two attached hydrogens (primary N) is 3. The molecule has 0 aromatic heterocycles. The number of primary amides is 1. The molecule has 0 spiro atoms. The maximum absolute atomic E-state index is 12.4. The molecule has 0 bridgehead atoms. The fourth-order valence-corrected chi connectivity index (χ4v) is 2.23. The minimum absolute atomic E-state index is 0. The molecule has 4 amide bonds. The van der Waals surface area contributed by atoms with Gasteiger partial charge in [-0.2, -0.15) is 0 Å². The summed E-state index contributed by atoms with van der Waals surface area (Å²) in [6.07, 6.45) is 2.96. The highest BCUT2D eigenvalue weighted by atomic mass is 35.5. The third-order valence-electron chi connectivity index (χ3n) is 3.59. The molecule has 1 atom stereocenters. The Morgan fingerprint density at radius 1 is 1.36 bits per heavy atom. The first-order valence-corrected chi connectivity index (χ1v) is 7.45. The Morgan fingerprint density at radius 2 is 1.96 bits per heavy atom. The van der Waals surface area contributed by atoms with E-state index in [1.54, 1.807) is 0 Å². The molecule has 10 nitrogen and oxygen atoms in total. The number of nitrogens with one attached hydrogen (secondary N) is 2. The lowest BCUT2D eigenvalue weighted by Gasteiger charge is -2.34. The Kier molecular flexibility index (Phi) is 11.4. The summed E-state index contributed by atoms with van der Waals surface area (Å²) < 4.78 is 0. The standard InChI is InChI=1S/C13H25N7O3.2ClH/c1-3-4-5-6-13(15,16)10(22)20(2)8-7-17-12(18-9(8)21)19-11(14)23;;/h8H,3-7,15-16H2,1-2H3,(H4,14,17,18,19,21,23);2*1H. The molecule has 1 aliphatic rings. The molecule has 1 rings (SSSR count). The molecule has 8 N–H and O–H groups in total. The lowest BCUT2D eigenvalue weighted by atomic mass is 10.0. The number of nitrogens with zero attached hydrogens (tertiary/aromatic N) is 2. The Hall–Kier alpha value is -1.62. The molecule has 0 radical (unpaired) electrons. The summed E-state index contributed by atoms with van der Waals surface area (Å²) in [6.45, 7) is 2.01. The molecule has 0 saturated heterocycles. The lowest BCUT2D eigenvalue weighted by molar-refractivity contribution is -0.142. The molecule has 0 aromatic carbocycles. The third kappa shape index (κ3) is 7.43. The van der Waals surface area contributed by atoms with Gasteiger partial charge >= 0.3 is 6.03 Å². The zero-order valence-electron chi connectivity index (χ0n) is 14.3. The van der Waals surface area contributed by atoms with Crippen LogP contribution in [0.4, 0.5) is 4.79 Å². The highest BCUT2D eigenvalue weighted by Crippen LogP contribution is 2.13. The van der Waals surface area contributed by atoms with Crippen LogP contribution in [0.25, 0.3) is 0 Å². The second kappa shape index (κ2) is 11.1. The van der Waals surface area contributed by atoms with Gasteiger partial charge in [-0.1, -0.05) is 19.8 Å². The maximum Gasteiger partial charge on any atom is 0.318 e. The van der Waals surface area contributed by atoms with Crippen LogP contribution in [-0.2, 0) is 9.59 Å². The quantitative estimate of drug-likeness (QED) is 0.284. The number of rotatable bonds is 6. The first-order valence-electron chi connectivity index (χ1n) is 7.45. The van der Waals surface area contributed by atoms with E-state index in [9.17, 15) is 14.4 Å². The monoisotopic (exact) mass is 399 g/mol. The Labute approximate surface area is 159 Å². The van der Waals surface area contributed by atoms with Crippen LogP contribution in [0, 0.1) is 0 Å². The van der Waals surface area contributed by atoms with Crippen molar-refractivity contribution in [3.05, 3.63) is 0 Å². The van der Waals surface area contributed by atoms with Crippen LogP contribution in [0.5, 0.6) is 0 Å². The molecule has 146 valence electrons. The average molecular weight is 400 g/mol. The predicted molar refractivity (Wildman–Crippen MR) is 99.5 cm³/mol. The number of hydrogen-bond donors (Lipinski definition) is 5. The highest BCUT2D eigenvalue weighted by molar-refractivity contribution is 6.07. The molecule has 0 aromatic rings. The molecule has 12 heteroatoms. The fraction of sp³-hybridized carbons (Fsp3) is 0.692. The van der Waals surface area contributed by atoms with Crippen molar-refractivity contribution >= 4 is 48.6 Å². The SMILES string of the molecule is CCCCCC(N)(N)C(=O)N(C)C1CN=C(NC(N)=O)NC1=O.Cl.Cl. The zero-order valence-corrected chi connectivity index (χ0v) is 15.9. The maximum atomic E-state index is 12.4. The van der Waals surface area contributed by atoms with E-state index in [4.69, 9.17) is 17.2 Å². The van der Waals surface area contributed by atoms with E-state index in [-0.39, 0.29) is 37.3 Å². The number of urea groups is 1. The normalized spacial score (nSPS) is 16.6. The highest BCUT2D eigenvalue weighted by Gasteiger charge is 2.38. The number of unbranched alkanes of at least 4 members (excludes halogenated alkanes) is 2. The van der Waals surface area contributed by atoms with E-state index in [1.165, 1.54) is 11.9 Å². The van der Waals surface area contributed by atoms with Crippen LogP contribution in [-0.4, -0.2) is 54.0 Å². The van der Waals surface area contributed by atoms with Gasteiger partial charge in [0.05, 0.1) is 6.54 Å². The molecular formula is C13H27Cl2N7O3. The first-order chi connectivity index (χ1) is 10.7. The van der Waals surface area contributed by atoms with Crippen LogP contribution in [0.1, 0.15) is 32.6 Å². The molecule has 25 heavy (non-hydrogen) atoms. The van der Waals surface area contributed by atoms with Crippen LogP contribution in [0.2, 0.25) is 0 Å². The summed E-state index contributed by atoms with van der Waals surface area (Å²) in [4.78, 5) is 40.4. The fourth-order valence-electron chi connectivity index (χ4n) is 2.23. The number of hydrogen-bond acceptors (Lipinski definition) is 6. The van der Waals surface area contributed by atoms with Crippen molar-refractivity contribution in [1.29, 1.82) is 0 Å². The molecule has 1 unspecified atom stereocenters. The Balaban J connectivity index is 0. The van der Waals surface area contributed by atoms with Crippen LogP contribution >= 0.6 is 24.8 Å². The smallest absolute Gasteiger partial charge is 0.318 e. The van der Waals surface area contributed by atoms with Crippen molar-refractivity contribution in [2.24, 2.45) is 22.2 Å². The van der Waals surface area contributed by atoms with Crippen molar-refractivity contribution in [2.45, 2.75) is 44.3 Å². The minimum atomic E-state index is -1.53. The van der Waals surface area contributed by atoms with Crippen molar-refractivity contribution in [2.75, 3.05) is 13.6 Å². The van der Waals surface area contributed by atoms with Gasteiger partial charge in [0.1, 0.15) is 11.7 Å². The van der Waals surface area contributed by atoms with Crippen molar-refractivity contribution in [1.82, 2.24) is 15.5 Å². The minimum Gasteiger partial charge on any atom is -0.351 e. The molecule has 1 heterocycles. The second-order valence-electron chi connectivity index (χ2n) is 5.60. The summed E-state index contributed by atoms with van der Waals surface area (Å²) in [6, 6.07) is -1.69. The van der Waals surface area contributed by atoms with Gasteiger partial charge in [-0.25, -0.2) is 9.79 Å². The number of amides is 4. The van der Waals surface area contributed by atoms with Crippen LogP contribution < -0.4 is 27.8 Å². The molecule has 0 fully saturated rings.